The standard InChI is InChI=1S/C15H14O2/c1-5-12-7-13(6-2)9-14(8-12)15(16)17-10-11(3)4/h1-2,7-9,11H,10H2,3-4H3. The smallest absolute Gasteiger partial charge is 0.338 e. The lowest BCUT2D eigenvalue weighted by Crippen LogP contribution is -2.10. The number of carbonyl (C=O) groups is 1. The summed E-state index contributed by atoms with van der Waals surface area (Å²) in [6, 6.07) is 4.88. The van der Waals surface area contributed by atoms with Gasteiger partial charge in [0.1, 0.15) is 0 Å². The molecule has 1 rings (SSSR count). The normalized spacial score (nSPS) is 9.47. The van der Waals surface area contributed by atoms with Crippen molar-refractivity contribution < 1.29 is 9.53 Å². The van der Waals surface area contributed by atoms with Crippen molar-refractivity contribution in [3.05, 3.63) is 34.9 Å². The first-order valence-corrected chi connectivity index (χ1v) is 5.32. The highest BCUT2D eigenvalue weighted by Crippen LogP contribution is 2.11. The predicted octanol–water partition coefficient (Wildman–Crippen LogP) is 2.46. The molecule has 2 nitrogen and oxygen atoms in total. The molecule has 0 aliphatic heterocycles. The zero-order valence-electron chi connectivity index (χ0n) is 9.99. The summed E-state index contributed by atoms with van der Waals surface area (Å²) in [4.78, 5) is 11.7. The number of benzene rings is 1. The fourth-order valence-corrected chi connectivity index (χ4v) is 1.24. The Hall–Kier alpha value is -2.19. The van der Waals surface area contributed by atoms with Gasteiger partial charge in [0.25, 0.3) is 0 Å². The summed E-state index contributed by atoms with van der Waals surface area (Å²) in [5.74, 6) is 4.81. The van der Waals surface area contributed by atoms with Gasteiger partial charge in [0.15, 0.2) is 0 Å². The number of rotatable bonds is 3. The molecule has 1 aromatic rings. The highest BCUT2D eigenvalue weighted by Gasteiger charge is 2.09. The Morgan fingerprint density at radius 1 is 1.24 bits per heavy atom. The molecule has 0 fully saturated rings. The molecule has 0 radical (unpaired) electrons. The average Bonchev–Trinajstić information content (AvgIpc) is 2.34. The molecule has 0 aromatic heterocycles. The maximum absolute atomic E-state index is 11.7. The van der Waals surface area contributed by atoms with E-state index in [4.69, 9.17) is 17.6 Å². The molecule has 0 aliphatic carbocycles. The summed E-state index contributed by atoms with van der Waals surface area (Å²) in [7, 11) is 0. The van der Waals surface area contributed by atoms with Crippen LogP contribution in [0.25, 0.3) is 0 Å². The van der Waals surface area contributed by atoms with Crippen LogP contribution in [0.15, 0.2) is 18.2 Å². The molecule has 2 heteroatoms. The van der Waals surface area contributed by atoms with Crippen LogP contribution < -0.4 is 0 Å². The van der Waals surface area contributed by atoms with Crippen molar-refractivity contribution in [2.24, 2.45) is 5.92 Å². The summed E-state index contributed by atoms with van der Waals surface area (Å²) >= 11 is 0. The molecule has 0 saturated carbocycles. The van der Waals surface area contributed by atoms with E-state index in [9.17, 15) is 4.79 Å². The highest BCUT2D eigenvalue weighted by atomic mass is 16.5. The minimum Gasteiger partial charge on any atom is -0.462 e. The lowest BCUT2D eigenvalue weighted by Gasteiger charge is -2.07. The Labute approximate surface area is 102 Å². The fraction of sp³-hybridized carbons (Fsp3) is 0.267. The molecule has 86 valence electrons. The van der Waals surface area contributed by atoms with E-state index < -0.39 is 5.97 Å². The average molecular weight is 226 g/mol. The van der Waals surface area contributed by atoms with E-state index in [1.165, 1.54) is 0 Å². The van der Waals surface area contributed by atoms with Gasteiger partial charge < -0.3 is 4.74 Å². The quantitative estimate of drug-likeness (QED) is 0.584. The van der Waals surface area contributed by atoms with E-state index in [0.717, 1.165) is 0 Å². The third kappa shape index (κ3) is 3.70. The molecule has 0 aliphatic rings. The summed E-state index contributed by atoms with van der Waals surface area (Å²) in [6.45, 7) is 4.32. The zero-order chi connectivity index (χ0) is 12.8. The molecular weight excluding hydrogens is 212 g/mol. The Bertz CT molecular complexity index is 466. The van der Waals surface area contributed by atoms with Crippen molar-refractivity contribution in [3.63, 3.8) is 0 Å². The second-order valence-electron chi connectivity index (χ2n) is 4.08. The predicted molar refractivity (Wildman–Crippen MR) is 67.4 cm³/mol. The van der Waals surface area contributed by atoms with Gasteiger partial charge in [-0.2, -0.15) is 0 Å². The van der Waals surface area contributed by atoms with Gasteiger partial charge in [-0.15, -0.1) is 12.8 Å². The Morgan fingerprint density at radius 2 is 1.76 bits per heavy atom. The maximum atomic E-state index is 11.7. The topological polar surface area (TPSA) is 26.3 Å². The Morgan fingerprint density at radius 3 is 2.18 bits per heavy atom. The SMILES string of the molecule is C#Cc1cc(C#C)cc(C(=O)OCC(C)C)c1. The largest absolute Gasteiger partial charge is 0.462 e. The van der Waals surface area contributed by atoms with Crippen LogP contribution in [0.4, 0.5) is 0 Å². The number of hydrogen-bond donors (Lipinski definition) is 0. The van der Waals surface area contributed by atoms with Gasteiger partial charge in [-0.3, -0.25) is 0 Å². The lowest BCUT2D eigenvalue weighted by atomic mass is 10.1. The molecule has 0 spiro atoms. The number of hydrogen-bond acceptors (Lipinski definition) is 2. The van der Waals surface area contributed by atoms with E-state index >= 15 is 0 Å². The van der Waals surface area contributed by atoms with Gasteiger partial charge in [-0.25, -0.2) is 4.79 Å². The van der Waals surface area contributed by atoms with Crippen molar-refractivity contribution in [3.8, 4) is 24.7 Å². The summed E-state index contributed by atoms with van der Waals surface area (Å²) in [5, 5.41) is 0. The monoisotopic (exact) mass is 226 g/mol. The summed E-state index contributed by atoms with van der Waals surface area (Å²) < 4.78 is 5.11. The van der Waals surface area contributed by atoms with Crippen molar-refractivity contribution in [2.75, 3.05) is 6.61 Å². The maximum Gasteiger partial charge on any atom is 0.338 e. The second-order valence-corrected chi connectivity index (χ2v) is 4.08. The Balaban J connectivity index is 2.95. The van der Waals surface area contributed by atoms with Crippen LogP contribution in [-0.4, -0.2) is 12.6 Å². The first-order valence-electron chi connectivity index (χ1n) is 5.32. The van der Waals surface area contributed by atoms with Crippen LogP contribution in [-0.2, 0) is 4.74 Å². The van der Waals surface area contributed by atoms with Crippen LogP contribution in [0.1, 0.15) is 35.3 Å². The fourth-order valence-electron chi connectivity index (χ4n) is 1.24. The molecule has 0 bridgehead atoms. The molecule has 17 heavy (non-hydrogen) atoms. The molecule has 1 aromatic carbocycles. The summed E-state index contributed by atoms with van der Waals surface area (Å²) in [5.41, 5.74) is 1.56. The van der Waals surface area contributed by atoms with Gasteiger partial charge in [0.05, 0.1) is 12.2 Å². The molecule has 0 atom stereocenters. The van der Waals surface area contributed by atoms with Crippen molar-refractivity contribution in [1.29, 1.82) is 0 Å². The highest BCUT2D eigenvalue weighted by molar-refractivity contribution is 5.90. The van der Waals surface area contributed by atoms with Crippen molar-refractivity contribution in [2.45, 2.75) is 13.8 Å². The lowest BCUT2D eigenvalue weighted by molar-refractivity contribution is 0.0459. The molecular formula is C15H14O2. The minimum absolute atomic E-state index is 0.293. The number of esters is 1. The molecule has 0 amide bonds. The third-order valence-corrected chi connectivity index (χ3v) is 2.05. The van der Waals surface area contributed by atoms with Gasteiger partial charge in [0, 0.05) is 11.1 Å². The van der Waals surface area contributed by atoms with E-state index in [0.29, 0.717) is 29.2 Å². The summed E-state index contributed by atoms with van der Waals surface area (Å²) in [6.07, 6.45) is 10.6. The van der Waals surface area contributed by atoms with E-state index in [1.807, 2.05) is 13.8 Å². The first-order chi connectivity index (χ1) is 8.06. The molecule has 0 N–H and O–H groups in total. The number of terminal acetylenes is 2. The van der Waals surface area contributed by atoms with Crippen LogP contribution in [0.2, 0.25) is 0 Å². The molecule has 0 saturated heterocycles. The number of ether oxygens (including phenoxy) is 1. The van der Waals surface area contributed by atoms with E-state index in [1.54, 1.807) is 18.2 Å². The van der Waals surface area contributed by atoms with Gasteiger partial charge in [-0.1, -0.05) is 25.7 Å². The van der Waals surface area contributed by atoms with E-state index in [2.05, 4.69) is 11.8 Å². The second kappa shape index (κ2) is 5.77. The molecule has 0 heterocycles. The molecule has 0 unspecified atom stereocenters. The van der Waals surface area contributed by atoms with Crippen LogP contribution in [0.5, 0.6) is 0 Å². The van der Waals surface area contributed by atoms with Gasteiger partial charge in [-0.05, 0) is 24.1 Å². The van der Waals surface area contributed by atoms with Crippen molar-refractivity contribution in [1.82, 2.24) is 0 Å². The third-order valence-electron chi connectivity index (χ3n) is 2.05. The zero-order valence-corrected chi connectivity index (χ0v) is 9.99. The van der Waals surface area contributed by atoms with Crippen LogP contribution >= 0.6 is 0 Å². The van der Waals surface area contributed by atoms with Crippen LogP contribution in [0, 0.1) is 30.6 Å². The Kier molecular flexibility index (Phi) is 4.37. The van der Waals surface area contributed by atoms with Crippen molar-refractivity contribution >= 4 is 5.97 Å². The van der Waals surface area contributed by atoms with Gasteiger partial charge >= 0.3 is 5.97 Å². The first kappa shape index (κ1) is 12.9. The minimum atomic E-state index is -0.396. The van der Waals surface area contributed by atoms with Gasteiger partial charge in [0.2, 0.25) is 0 Å². The number of carbonyl (C=O) groups excluding carboxylic acids is 1. The van der Waals surface area contributed by atoms with E-state index in [-0.39, 0.29) is 0 Å². The van der Waals surface area contributed by atoms with Crippen LogP contribution in [0.3, 0.4) is 0 Å².